The van der Waals surface area contributed by atoms with Gasteiger partial charge in [0.05, 0.1) is 22.1 Å². The lowest BCUT2D eigenvalue weighted by molar-refractivity contribution is -0.144. The maximum Gasteiger partial charge on any atom is 0.416 e. The zero-order valence-electron chi connectivity index (χ0n) is 18.2. The number of rotatable bonds is 6. The number of nitrogens with zero attached hydrogens (tertiary/aromatic N) is 3. The lowest BCUT2D eigenvalue weighted by Crippen LogP contribution is -2.35. The Labute approximate surface area is 197 Å². The maximum absolute atomic E-state index is 13.0. The van der Waals surface area contributed by atoms with Gasteiger partial charge in [-0.05, 0) is 62.8 Å². The lowest BCUT2D eigenvalue weighted by Gasteiger charge is -2.35. The minimum Gasteiger partial charge on any atom is -0.481 e. The molecule has 1 aliphatic rings. The van der Waals surface area contributed by atoms with Gasteiger partial charge >= 0.3 is 12.1 Å². The Balaban J connectivity index is 1.50. The van der Waals surface area contributed by atoms with Gasteiger partial charge < -0.3 is 15.5 Å². The number of nitrogens with one attached hydrogen (secondary N) is 1. The van der Waals surface area contributed by atoms with Crippen molar-refractivity contribution in [2.24, 2.45) is 11.8 Å². The molecule has 0 amide bonds. The van der Waals surface area contributed by atoms with E-state index in [1.165, 1.54) is 11.3 Å². The van der Waals surface area contributed by atoms with Crippen LogP contribution in [0.25, 0.3) is 10.6 Å². The molecule has 1 aliphatic carbocycles. The molecule has 3 N–H and O–H groups in total. The zero-order valence-corrected chi connectivity index (χ0v) is 19.0. The average Bonchev–Trinajstić information content (AvgIpc) is 3.30. The number of hydrogen-bond acceptors (Lipinski definition) is 7. The molecule has 0 bridgehead atoms. The van der Waals surface area contributed by atoms with Crippen molar-refractivity contribution in [3.63, 3.8) is 0 Å². The highest BCUT2D eigenvalue weighted by Gasteiger charge is 2.40. The minimum atomic E-state index is -4.47. The first-order valence-electron chi connectivity index (χ1n) is 10.7. The number of anilines is 2. The van der Waals surface area contributed by atoms with Crippen LogP contribution >= 0.6 is 11.3 Å². The molecule has 1 fully saturated rings. The van der Waals surface area contributed by atoms with Gasteiger partial charge in [-0.25, -0.2) is 15.0 Å². The van der Waals surface area contributed by atoms with E-state index in [-0.39, 0.29) is 17.7 Å². The summed E-state index contributed by atoms with van der Waals surface area (Å²) in [5, 5.41) is 23.7. The number of thiazole rings is 1. The molecule has 180 valence electrons. The van der Waals surface area contributed by atoms with Gasteiger partial charge in [-0.3, -0.25) is 4.79 Å². The molecule has 0 spiro atoms. The van der Waals surface area contributed by atoms with Gasteiger partial charge in [0.15, 0.2) is 0 Å². The summed E-state index contributed by atoms with van der Waals surface area (Å²) in [5.74, 6) is -0.934. The standard InChI is InChI=1S/C23H23F3N4O3S/c1-22(33,14-7-5-13(6-8-14)20(31)32)21-28-12-17(34-21)16-3-2-4-18(29-16)30-19-11-15(9-10-27-19)23(24,25)26/h2-4,9-14,33H,5-8H2,1H3,(H,31,32)(H,27,29,30)/t13-,14-,22?. The van der Waals surface area contributed by atoms with Gasteiger partial charge in [-0.1, -0.05) is 6.07 Å². The first-order chi connectivity index (χ1) is 16.0. The average molecular weight is 493 g/mol. The highest BCUT2D eigenvalue weighted by molar-refractivity contribution is 7.15. The second-order valence-electron chi connectivity index (χ2n) is 8.52. The van der Waals surface area contributed by atoms with E-state index in [4.69, 9.17) is 0 Å². The van der Waals surface area contributed by atoms with Crippen LogP contribution in [0.5, 0.6) is 0 Å². The van der Waals surface area contributed by atoms with Gasteiger partial charge in [-0.2, -0.15) is 13.2 Å². The normalized spacial score (nSPS) is 20.5. The molecule has 0 aromatic carbocycles. The lowest BCUT2D eigenvalue weighted by atomic mass is 9.74. The van der Waals surface area contributed by atoms with Crippen LogP contribution in [0.1, 0.15) is 43.2 Å². The van der Waals surface area contributed by atoms with Crippen LogP contribution in [0, 0.1) is 11.8 Å². The fraction of sp³-hybridized carbons (Fsp3) is 0.391. The molecule has 3 heterocycles. The fourth-order valence-electron chi connectivity index (χ4n) is 4.15. The summed E-state index contributed by atoms with van der Waals surface area (Å²) in [6.45, 7) is 1.70. The minimum absolute atomic E-state index is 0.0179. The number of carboxylic acids is 1. The topological polar surface area (TPSA) is 108 Å². The second-order valence-corrected chi connectivity index (χ2v) is 9.56. The molecule has 0 radical (unpaired) electrons. The van der Waals surface area contributed by atoms with Crippen molar-refractivity contribution in [1.29, 1.82) is 0 Å². The van der Waals surface area contributed by atoms with E-state index in [0.29, 0.717) is 47.1 Å². The van der Waals surface area contributed by atoms with Crippen molar-refractivity contribution in [2.75, 3.05) is 5.32 Å². The molecule has 4 rings (SSSR count). The molecule has 34 heavy (non-hydrogen) atoms. The highest BCUT2D eigenvalue weighted by Crippen LogP contribution is 2.43. The number of aliphatic hydroxyl groups is 1. The van der Waals surface area contributed by atoms with E-state index in [2.05, 4.69) is 20.3 Å². The number of hydrogen-bond donors (Lipinski definition) is 3. The van der Waals surface area contributed by atoms with E-state index >= 15 is 0 Å². The van der Waals surface area contributed by atoms with Crippen molar-refractivity contribution in [1.82, 2.24) is 15.0 Å². The van der Waals surface area contributed by atoms with Crippen LogP contribution in [-0.4, -0.2) is 31.1 Å². The number of aromatic nitrogens is 3. The molecule has 1 saturated carbocycles. The number of carbonyl (C=O) groups is 1. The SMILES string of the molecule is CC(O)(c1ncc(-c2cccc(Nc3cc(C(F)(F)F)ccn3)n2)s1)[C@H]1CC[C@H](C(=O)O)CC1. The van der Waals surface area contributed by atoms with Gasteiger partial charge in [0.2, 0.25) is 0 Å². The molecule has 1 atom stereocenters. The monoisotopic (exact) mass is 492 g/mol. The fourth-order valence-corrected chi connectivity index (χ4v) is 5.16. The van der Waals surface area contributed by atoms with Gasteiger partial charge in [0.1, 0.15) is 22.2 Å². The highest BCUT2D eigenvalue weighted by atomic mass is 32.1. The third-order valence-corrected chi connectivity index (χ3v) is 7.40. The molecule has 0 aliphatic heterocycles. The predicted octanol–water partition coefficient (Wildman–Crippen LogP) is 5.46. The molecule has 0 saturated heterocycles. The van der Waals surface area contributed by atoms with Crippen molar-refractivity contribution >= 4 is 28.9 Å². The van der Waals surface area contributed by atoms with E-state index in [1.807, 2.05) is 0 Å². The summed E-state index contributed by atoms with van der Waals surface area (Å²) in [7, 11) is 0. The molecule has 3 aromatic rings. The first-order valence-corrected chi connectivity index (χ1v) is 11.5. The van der Waals surface area contributed by atoms with Crippen LogP contribution in [0.4, 0.5) is 24.8 Å². The largest absolute Gasteiger partial charge is 0.481 e. The van der Waals surface area contributed by atoms with Crippen LogP contribution < -0.4 is 5.32 Å². The number of pyridine rings is 2. The third-order valence-electron chi connectivity index (χ3n) is 6.15. The third kappa shape index (κ3) is 5.20. The number of aliphatic carboxylic acids is 1. The molecule has 1 unspecified atom stereocenters. The quantitative estimate of drug-likeness (QED) is 0.419. The Bertz CT molecular complexity index is 1170. The first kappa shape index (κ1) is 24.1. The Kier molecular flexibility index (Phi) is 6.59. The summed E-state index contributed by atoms with van der Waals surface area (Å²) < 4.78 is 38.9. The Morgan fingerprint density at radius 3 is 2.53 bits per heavy atom. The number of carboxylic acid groups (broad SMARTS) is 1. The van der Waals surface area contributed by atoms with Crippen molar-refractivity contribution in [3.8, 4) is 10.6 Å². The number of halogens is 3. The van der Waals surface area contributed by atoms with Crippen molar-refractivity contribution < 1.29 is 28.2 Å². The Hall–Kier alpha value is -3.05. The van der Waals surface area contributed by atoms with Gasteiger partial charge in [0.25, 0.3) is 0 Å². The molecule has 3 aromatic heterocycles. The molecular formula is C23H23F3N4O3S. The molecule has 11 heteroatoms. The van der Waals surface area contributed by atoms with Crippen molar-refractivity contribution in [2.45, 2.75) is 44.4 Å². The predicted molar refractivity (Wildman–Crippen MR) is 121 cm³/mol. The Morgan fingerprint density at radius 1 is 1.12 bits per heavy atom. The summed E-state index contributed by atoms with van der Waals surface area (Å²) in [4.78, 5) is 24.7. The van der Waals surface area contributed by atoms with Crippen molar-refractivity contribution in [3.05, 3.63) is 53.3 Å². The van der Waals surface area contributed by atoms with E-state index in [0.717, 1.165) is 18.3 Å². The van der Waals surface area contributed by atoms with Crippen LogP contribution in [0.15, 0.2) is 42.7 Å². The summed E-state index contributed by atoms with van der Waals surface area (Å²) in [5.41, 5.74) is -1.47. The van der Waals surface area contributed by atoms with E-state index in [1.54, 1.807) is 31.3 Å². The van der Waals surface area contributed by atoms with Gasteiger partial charge in [0, 0.05) is 12.4 Å². The number of alkyl halides is 3. The van der Waals surface area contributed by atoms with Gasteiger partial charge in [-0.15, -0.1) is 11.3 Å². The Morgan fingerprint density at radius 2 is 1.85 bits per heavy atom. The molecule has 7 nitrogen and oxygen atoms in total. The van der Waals surface area contributed by atoms with E-state index < -0.39 is 23.3 Å². The van der Waals surface area contributed by atoms with Crippen LogP contribution in [-0.2, 0) is 16.6 Å². The van der Waals surface area contributed by atoms with E-state index in [9.17, 15) is 28.2 Å². The van der Waals surface area contributed by atoms with Crippen LogP contribution in [0.2, 0.25) is 0 Å². The summed E-state index contributed by atoms with van der Waals surface area (Å²) >= 11 is 1.28. The summed E-state index contributed by atoms with van der Waals surface area (Å²) in [6, 6.07) is 6.88. The van der Waals surface area contributed by atoms with Crippen LogP contribution in [0.3, 0.4) is 0 Å². The summed E-state index contributed by atoms with van der Waals surface area (Å²) in [6.07, 6.45) is 0.446. The zero-order chi connectivity index (χ0) is 24.5. The molecular weight excluding hydrogens is 469 g/mol. The smallest absolute Gasteiger partial charge is 0.416 e. The second kappa shape index (κ2) is 9.30. The maximum atomic E-state index is 13.0.